The van der Waals surface area contributed by atoms with Crippen LogP contribution in [0, 0.1) is 6.92 Å². The number of rotatable bonds is 3. The Kier molecular flexibility index (Phi) is 3.33. The van der Waals surface area contributed by atoms with E-state index >= 15 is 0 Å². The number of benzene rings is 1. The summed E-state index contributed by atoms with van der Waals surface area (Å²) >= 11 is 0. The van der Waals surface area contributed by atoms with Gasteiger partial charge in [-0.25, -0.2) is 9.59 Å². The second kappa shape index (κ2) is 4.79. The molecule has 19 heavy (non-hydrogen) atoms. The van der Waals surface area contributed by atoms with Gasteiger partial charge in [-0.2, -0.15) is 0 Å². The Hall–Kier alpha value is -2.24. The number of carboxylic acids is 1. The second-order valence-corrected chi connectivity index (χ2v) is 4.39. The first-order chi connectivity index (χ1) is 8.97. The van der Waals surface area contributed by atoms with E-state index < -0.39 is 12.1 Å². The largest absolute Gasteiger partial charge is 0.495 e. The summed E-state index contributed by atoms with van der Waals surface area (Å²) in [6.45, 7) is 3.90. The molecule has 1 aliphatic heterocycles. The summed E-state index contributed by atoms with van der Waals surface area (Å²) < 4.78 is 10.1. The van der Waals surface area contributed by atoms with Crippen molar-refractivity contribution in [2.45, 2.75) is 19.9 Å². The molecule has 6 nitrogen and oxygen atoms in total. The van der Waals surface area contributed by atoms with Gasteiger partial charge in [0, 0.05) is 5.56 Å². The lowest BCUT2D eigenvalue weighted by Gasteiger charge is -2.22. The summed E-state index contributed by atoms with van der Waals surface area (Å²) in [4.78, 5) is 24.3. The number of methoxy groups -OCH3 is 1. The molecule has 0 aliphatic carbocycles. The summed E-state index contributed by atoms with van der Waals surface area (Å²) in [7, 11) is 1.41. The van der Waals surface area contributed by atoms with Crippen LogP contribution in [0.3, 0.4) is 0 Å². The molecule has 2 rings (SSSR count). The SMILES string of the molecule is COc1c(C(=O)O)ccc(N2C(=O)OC[C@H]2C)c1C. The van der Waals surface area contributed by atoms with Crippen molar-refractivity contribution in [3.63, 3.8) is 0 Å². The lowest BCUT2D eigenvalue weighted by Crippen LogP contribution is -2.31. The van der Waals surface area contributed by atoms with Gasteiger partial charge in [0.15, 0.2) is 0 Å². The van der Waals surface area contributed by atoms with E-state index in [1.54, 1.807) is 13.0 Å². The molecule has 1 saturated heterocycles. The van der Waals surface area contributed by atoms with E-state index in [2.05, 4.69) is 0 Å². The monoisotopic (exact) mass is 265 g/mol. The van der Waals surface area contributed by atoms with Gasteiger partial charge < -0.3 is 14.6 Å². The Morgan fingerprint density at radius 1 is 1.53 bits per heavy atom. The van der Waals surface area contributed by atoms with Gasteiger partial charge in [-0.1, -0.05) is 0 Å². The highest BCUT2D eigenvalue weighted by molar-refractivity contribution is 5.96. The van der Waals surface area contributed by atoms with Gasteiger partial charge in [0.05, 0.1) is 18.8 Å². The number of hydrogen-bond acceptors (Lipinski definition) is 4. The number of nitrogens with zero attached hydrogens (tertiary/aromatic N) is 1. The highest BCUT2D eigenvalue weighted by atomic mass is 16.6. The molecule has 1 amide bonds. The van der Waals surface area contributed by atoms with Crippen LogP contribution in [0.15, 0.2) is 12.1 Å². The molecule has 0 radical (unpaired) electrons. The zero-order valence-corrected chi connectivity index (χ0v) is 11.0. The van der Waals surface area contributed by atoms with E-state index in [1.807, 2.05) is 6.92 Å². The van der Waals surface area contributed by atoms with Crippen molar-refractivity contribution in [3.8, 4) is 5.75 Å². The van der Waals surface area contributed by atoms with Crippen LogP contribution in [0.4, 0.5) is 10.5 Å². The molecule has 0 spiro atoms. The highest BCUT2D eigenvalue weighted by Crippen LogP contribution is 2.34. The Balaban J connectivity index is 2.54. The summed E-state index contributed by atoms with van der Waals surface area (Å²) in [5, 5.41) is 9.10. The normalized spacial score (nSPS) is 18.4. The van der Waals surface area contributed by atoms with Crippen molar-refractivity contribution in [2.24, 2.45) is 0 Å². The van der Waals surface area contributed by atoms with Gasteiger partial charge in [0.25, 0.3) is 0 Å². The van der Waals surface area contributed by atoms with Crippen molar-refractivity contribution < 1.29 is 24.2 Å². The summed E-state index contributed by atoms with van der Waals surface area (Å²) in [5.41, 5.74) is 1.29. The van der Waals surface area contributed by atoms with E-state index in [0.717, 1.165) is 0 Å². The van der Waals surface area contributed by atoms with Crippen molar-refractivity contribution in [1.82, 2.24) is 0 Å². The summed E-state index contributed by atoms with van der Waals surface area (Å²) in [5.74, 6) is -0.805. The number of carboxylic acid groups (broad SMARTS) is 1. The Bertz CT molecular complexity index is 540. The number of carbonyl (C=O) groups is 2. The Morgan fingerprint density at radius 2 is 2.21 bits per heavy atom. The predicted molar refractivity (Wildman–Crippen MR) is 68.0 cm³/mol. The molecule has 1 aromatic carbocycles. The van der Waals surface area contributed by atoms with E-state index in [9.17, 15) is 9.59 Å². The first-order valence-electron chi connectivity index (χ1n) is 5.84. The zero-order valence-electron chi connectivity index (χ0n) is 11.0. The molecule has 1 aromatic rings. The third-order valence-electron chi connectivity index (χ3n) is 3.16. The number of carbonyl (C=O) groups excluding carboxylic acids is 1. The van der Waals surface area contributed by atoms with Crippen LogP contribution in [0.5, 0.6) is 5.75 Å². The van der Waals surface area contributed by atoms with Crippen molar-refractivity contribution in [2.75, 3.05) is 18.6 Å². The zero-order chi connectivity index (χ0) is 14.2. The van der Waals surface area contributed by atoms with Crippen LogP contribution in [-0.4, -0.2) is 36.9 Å². The van der Waals surface area contributed by atoms with Gasteiger partial charge in [-0.05, 0) is 26.0 Å². The van der Waals surface area contributed by atoms with Crippen LogP contribution in [0.25, 0.3) is 0 Å². The molecule has 1 atom stereocenters. The van der Waals surface area contributed by atoms with Gasteiger partial charge >= 0.3 is 12.1 Å². The second-order valence-electron chi connectivity index (χ2n) is 4.39. The molecule has 6 heteroatoms. The minimum atomic E-state index is -1.07. The minimum absolute atomic E-state index is 0.0731. The van der Waals surface area contributed by atoms with Gasteiger partial charge in [-0.15, -0.1) is 0 Å². The number of amides is 1. The molecule has 1 fully saturated rings. The number of hydrogen-bond donors (Lipinski definition) is 1. The van der Waals surface area contributed by atoms with Crippen LogP contribution in [-0.2, 0) is 4.74 Å². The quantitative estimate of drug-likeness (QED) is 0.905. The number of aromatic carboxylic acids is 1. The molecule has 1 aliphatic rings. The maximum absolute atomic E-state index is 11.7. The van der Waals surface area contributed by atoms with E-state index in [1.165, 1.54) is 18.1 Å². The van der Waals surface area contributed by atoms with Crippen molar-refractivity contribution in [3.05, 3.63) is 23.3 Å². The molecule has 0 unspecified atom stereocenters. The highest BCUT2D eigenvalue weighted by Gasteiger charge is 2.33. The van der Waals surface area contributed by atoms with Crippen molar-refractivity contribution in [1.29, 1.82) is 0 Å². The van der Waals surface area contributed by atoms with Crippen LogP contribution < -0.4 is 9.64 Å². The Labute approximate surface area is 110 Å². The molecule has 102 valence electrons. The molecular formula is C13H15NO5. The third-order valence-corrected chi connectivity index (χ3v) is 3.16. The fourth-order valence-corrected chi connectivity index (χ4v) is 2.23. The van der Waals surface area contributed by atoms with Gasteiger partial charge in [0.2, 0.25) is 0 Å². The van der Waals surface area contributed by atoms with E-state index in [-0.39, 0.29) is 17.4 Å². The maximum atomic E-state index is 11.7. The lowest BCUT2D eigenvalue weighted by molar-refractivity contribution is 0.0693. The summed E-state index contributed by atoms with van der Waals surface area (Å²) in [6.07, 6.45) is -0.430. The average Bonchev–Trinajstić information content (AvgIpc) is 2.69. The smallest absolute Gasteiger partial charge is 0.414 e. The fourth-order valence-electron chi connectivity index (χ4n) is 2.23. The molecule has 1 heterocycles. The van der Waals surface area contributed by atoms with Crippen LogP contribution in [0.2, 0.25) is 0 Å². The van der Waals surface area contributed by atoms with Crippen LogP contribution >= 0.6 is 0 Å². The number of ether oxygens (including phenoxy) is 2. The van der Waals surface area contributed by atoms with Gasteiger partial charge in [0.1, 0.15) is 17.9 Å². The lowest BCUT2D eigenvalue weighted by atomic mass is 10.1. The number of anilines is 1. The first-order valence-corrected chi connectivity index (χ1v) is 5.84. The molecule has 1 N–H and O–H groups in total. The summed E-state index contributed by atoms with van der Waals surface area (Å²) in [6, 6.07) is 2.94. The maximum Gasteiger partial charge on any atom is 0.414 e. The molecule has 0 bridgehead atoms. The standard InChI is InChI=1S/C13H15NO5/c1-7-6-19-13(17)14(7)10-5-4-9(12(15)16)11(18-3)8(10)2/h4-5,7H,6H2,1-3H3,(H,15,16)/t7-/m1/s1. The van der Waals surface area contributed by atoms with Crippen LogP contribution in [0.1, 0.15) is 22.8 Å². The first kappa shape index (κ1) is 13.2. The fraction of sp³-hybridized carbons (Fsp3) is 0.385. The topological polar surface area (TPSA) is 76.1 Å². The molecule has 0 saturated carbocycles. The van der Waals surface area contributed by atoms with Gasteiger partial charge in [-0.3, -0.25) is 4.90 Å². The number of cyclic esters (lactones) is 1. The predicted octanol–water partition coefficient (Wildman–Crippen LogP) is 2.05. The molecule has 0 aromatic heterocycles. The Morgan fingerprint density at radius 3 is 2.68 bits per heavy atom. The molecular weight excluding hydrogens is 250 g/mol. The minimum Gasteiger partial charge on any atom is -0.495 e. The average molecular weight is 265 g/mol. The van der Waals surface area contributed by atoms with E-state index in [0.29, 0.717) is 17.9 Å². The van der Waals surface area contributed by atoms with E-state index in [4.69, 9.17) is 14.6 Å². The third kappa shape index (κ3) is 2.09. The van der Waals surface area contributed by atoms with Crippen molar-refractivity contribution >= 4 is 17.7 Å².